The summed E-state index contributed by atoms with van der Waals surface area (Å²) in [5.74, 6) is 1.33. The van der Waals surface area contributed by atoms with E-state index in [1.165, 1.54) is 5.56 Å². The molecule has 0 radical (unpaired) electrons. The molecule has 1 atom stereocenters. The van der Waals surface area contributed by atoms with Gasteiger partial charge in [-0.05, 0) is 24.8 Å². The molecule has 2 aliphatic rings. The highest BCUT2D eigenvalue weighted by molar-refractivity contribution is 5.81. The van der Waals surface area contributed by atoms with Gasteiger partial charge in [-0.2, -0.15) is 0 Å². The van der Waals surface area contributed by atoms with E-state index in [2.05, 4.69) is 29.2 Å². The lowest BCUT2D eigenvalue weighted by Gasteiger charge is -2.16. The van der Waals surface area contributed by atoms with Gasteiger partial charge in [-0.15, -0.1) is 0 Å². The van der Waals surface area contributed by atoms with E-state index >= 15 is 0 Å². The normalized spacial score (nSPS) is 24.8. The maximum Gasteiger partial charge on any atom is 0.225 e. The number of benzene rings is 1. The van der Waals surface area contributed by atoms with Gasteiger partial charge < -0.3 is 4.90 Å². The average Bonchev–Trinajstić information content (AvgIpc) is 3.07. The molecule has 0 bridgehead atoms. The van der Waals surface area contributed by atoms with Gasteiger partial charge in [0.15, 0.2) is 0 Å². The van der Waals surface area contributed by atoms with Crippen LogP contribution in [0.1, 0.15) is 30.7 Å². The molecule has 1 amide bonds. The second-order valence-corrected chi connectivity index (χ2v) is 4.95. The number of amides is 1. The van der Waals surface area contributed by atoms with Gasteiger partial charge in [-0.1, -0.05) is 30.3 Å². The van der Waals surface area contributed by atoms with Crippen LogP contribution in [-0.4, -0.2) is 23.9 Å². The summed E-state index contributed by atoms with van der Waals surface area (Å²) >= 11 is 0. The number of carbonyl (C=O) groups is 1. The van der Waals surface area contributed by atoms with Crippen LogP contribution in [0.3, 0.4) is 0 Å². The van der Waals surface area contributed by atoms with Gasteiger partial charge in [-0.25, -0.2) is 0 Å². The van der Waals surface area contributed by atoms with Crippen molar-refractivity contribution in [2.45, 2.75) is 25.2 Å². The Morgan fingerprint density at radius 1 is 1.12 bits per heavy atom. The molecule has 84 valence electrons. The molecule has 0 spiro atoms. The minimum Gasteiger partial charge on any atom is -0.342 e. The zero-order valence-corrected chi connectivity index (χ0v) is 9.43. The lowest BCUT2D eigenvalue weighted by atomic mass is 9.99. The molecule has 1 aliphatic heterocycles. The van der Waals surface area contributed by atoms with Crippen LogP contribution in [0, 0.1) is 5.92 Å². The second kappa shape index (κ2) is 3.93. The number of hydrogen-bond acceptors (Lipinski definition) is 1. The summed E-state index contributed by atoms with van der Waals surface area (Å²) in [7, 11) is 0. The van der Waals surface area contributed by atoms with E-state index in [9.17, 15) is 4.79 Å². The van der Waals surface area contributed by atoms with Crippen LogP contribution >= 0.6 is 0 Å². The standard InChI is InChI=1S/C14H17NO/c16-14(12-6-7-12)15-9-8-13(10-15)11-4-2-1-3-5-11/h1-5,12-13H,6-10H2. The van der Waals surface area contributed by atoms with Gasteiger partial charge in [0.1, 0.15) is 0 Å². The highest BCUT2D eigenvalue weighted by atomic mass is 16.2. The zero-order chi connectivity index (χ0) is 11.0. The summed E-state index contributed by atoms with van der Waals surface area (Å²) in [5.41, 5.74) is 1.38. The molecule has 2 nitrogen and oxygen atoms in total. The highest BCUT2D eigenvalue weighted by Gasteiger charge is 2.36. The van der Waals surface area contributed by atoms with E-state index in [4.69, 9.17) is 0 Å². The Labute approximate surface area is 96.3 Å². The molecule has 2 heteroatoms. The van der Waals surface area contributed by atoms with Crippen molar-refractivity contribution in [2.24, 2.45) is 5.92 Å². The topological polar surface area (TPSA) is 20.3 Å². The fourth-order valence-corrected chi connectivity index (χ4v) is 2.55. The Balaban J connectivity index is 1.66. The number of rotatable bonds is 2. The van der Waals surface area contributed by atoms with Crippen LogP contribution in [0.15, 0.2) is 30.3 Å². The van der Waals surface area contributed by atoms with Gasteiger partial charge in [-0.3, -0.25) is 4.79 Å². The molecule has 1 saturated heterocycles. The van der Waals surface area contributed by atoms with Crippen molar-refractivity contribution in [3.8, 4) is 0 Å². The Kier molecular flexibility index (Phi) is 2.43. The molecular weight excluding hydrogens is 198 g/mol. The molecule has 1 aromatic carbocycles. The lowest BCUT2D eigenvalue weighted by Crippen LogP contribution is -2.29. The first kappa shape index (κ1) is 9.88. The van der Waals surface area contributed by atoms with Crippen LogP contribution in [0.2, 0.25) is 0 Å². The predicted octanol–water partition coefficient (Wildman–Crippen LogP) is 2.41. The number of carbonyl (C=O) groups excluding carboxylic acids is 1. The fraction of sp³-hybridized carbons (Fsp3) is 0.500. The molecule has 0 aromatic heterocycles. The monoisotopic (exact) mass is 215 g/mol. The first-order valence-corrected chi connectivity index (χ1v) is 6.18. The Morgan fingerprint density at radius 3 is 2.56 bits per heavy atom. The minimum absolute atomic E-state index is 0.370. The third-order valence-electron chi connectivity index (χ3n) is 3.70. The Bertz CT molecular complexity index is 383. The molecule has 16 heavy (non-hydrogen) atoms. The van der Waals surface area contributed by atoms with Crippen LogP contribution in [0.4, 0.5) is 0 Å². The molecule has 1 aromatic rings. The van der Waals surface area contributed by atoms with Gasteiger partial charge >= 0.3 is 0 Å². The van der Waals surface area contributed by atoms with Crippen molar-refractivity contribution >= 4 is 5.91 Å². The molecule has 3 rings (SSSR count). The van der Waals surface area contributed by atoms with Gasteiger partial charge in [0.25, 0.3) is 0 Å². The lowest BCUT2D eigenvalue weighted by molar-refractivity contribution is -0.131. The summed E-state index contributed by atoms with van der Waals surface area (Å²) in [6.45, 7) is 1.88. The summed E-state index contributed by atoms with van der Waals surface area (Å²) in [6.07, 6.45) is 3.36. The van der Waals surface area contributed by atoms with Gasteiger partial charge in [0, 0.05) is 24.9 Å². The molecule has 1 heterocycles. The zero-order valence-electron chi connectivity index (χ0n) is 9.43. The second-order valence-electron chi connectivity index (χ2n) is 4.95. The smallest absolute Gasteiger partial charge is 0.225 e. The first-order chi connectivity index (χ1) is 7.84. The largest absolute Gasteiger partial charge is 0.342 e. The maximum atomic E-state index is 11.9. The third-order valence-corrected chi connectivity index (χ3v) is 3.70. The van der Waals surface area contributed by atoms with E-state index in [0.717, 1.165) is 32.4 Å². The van der Waals surface area contributed by atoms with Gasteiger partial charge in [0.05, 0.1) is 0 Å². The van der Waals surface area contributed by atoms with Crippen molar-refractivity contribution in [2.75, 3.05) is 13.1 Å². The molecule has 1 saturated carbocycles. The Morgan fingerprint density at radius 2 is 1.88 bits per heavy atom. The van der Waals surface area contributed by atoms with Crippen molar-refractivity contribution < 1.29 is 4.79 Å². The van der Waals surface area contributed by atoms with Crippen LogP contribution < -0.4 is 0 Å². The van der Waals surface area contributed by atoms with Crippen molar-refractivity contribution in [3.05, 3.63) is 35.9 Å². The van der Waals surface area contributed by atoms with Crippen LogP contribution in [0.5, 0.6) is 0 Å². The maximum absolute atomic E-state index is 11.9. The minimum atomic E-state index is 0.370. The number of hydrogen-bond donors (Lipinski definition) is 0. The summed E-state index contributed by atoms with van der Waals surface area (Å²) in [5, 5.41) is 0. The average molecular weight is 215 g/mol. The molecule has 1 aliphatic carbocycles. The Hall–Kier alpha value is -1.31. The van der Waals surface area contributed by atoms with Crippen LogP contribution in [0.25, 0.3) is 0 Å². The molecule has 1 unspecified atom stereocenters. The third kappa shape index (κ3) is 1.84. The van der Waals surface area contributed by atoms with Gasteiger partial charge in [0.2, 0.25) is 5.91 Å². The molecule has 2 fully saturated rings. The summed E-state index contributed by atoms with van der Waals surface area (Å²) in [4.78, 5) is 14.0. The van der Waals surface area contributed by atoms with E-state index in [1.807, 2.05) is 6.07 Å². The van der Waals surface area contributed by atoms with E-state index in [1.54, 1.807) is 0 Å². The summed E-state index contributed by atoms with van der Waals surface area (Å²) < 4.78 is 0. The van der Waals surface area contributed by atoms with Crippen molar-refractivity contribution in [3.63, 3.8) is 0 Å². The predicted molar refractivity (Wildman–Crippen MR) is 63.1 cm³/mol. The quantitative estimate of drug-likeness (QED) is 0.742. The first-order valence-electron chi connectivity index (χ1n) is 6.18. The summed E-state index contributed by atoms with van der Waals surface area (Å²) in [6, 6.07) is 10.6. The van der Waals surface area contributed by atoms with Crippen LogP contribution in [-0.2, 0) is 4.79 Å². The van der Waals surface area contributed by atoms with E-state index < -0.39 is 0 Å². The van der Waals surface area contributed by atoms with E-state index in [0.29, 0.717) is 17.7 Å². The van der Waals surface area contributed by atoms with Crippen molar-refractivity contribution in [1.29, 1.82) is 0 Å². The van der Waals surface area contributed by atoms with Crippen molar-refractivity contribution in [1.82, 2.24) is 4.90 Å². The highest BCUT2D eigenvalue weighted by Crippen LogP contribution is 2.34. The molecule has 0 N–H and O–H groups in total. The SMILES string of the molecule is O=C(C1CC1)N1CCC(c2ccccc2)C1. The fourth-order valence-electron chi connectivity index (χ4n) is 2.55. The molecular formula is C14H17NO. The van der Waals surface area contributed by atoms with E-state index in [-0.39, 0.29) is 0 Å². The number of nitrogens with zero attached hydrogens (tertiary/aromatic N) is 1. The number of likely N-dealkylation sites (tertiary alicyclic amines) is 1.